The molecule has 2 N–H and O–H groups in total. The number of nitrogens with one attached hydrogen (secondary N) is 1. The quantitative estimate of drug-likeness (QED) is 0.347. The Morgan fingerprint density at radius 2 is 1.93 bits per heavy atom. The van der Waals surface area contributed by atoms with Gasteiger partial charge >= 0.3 is 21.6 Å². The average Bonchev–Trinajstić information content (AvgIpc) is 2.65. The highest BCUT2D eigenvalue weighted by Gasteiger charge is 2.62. The molecule has 2 saturated heterocycles. The molecule has 0 aromatic heterocycles. The van der Waals surface area contributed by atoms with E-state index in [1.54, 1.807) is 30.3 Å². The molecule has 3 rings (SSSR count). The van der Waals surface area contributed by atoms with E-state index in [2.05, 4.69) is 9.50 Å². The maximum Gasteiger partial charge on any atom is 0.523 e. The Kier molecular flexibility index (Phi) is 5.77. The van der Waals surface area contributed by atoms with Gasteiger partial charge < -0.3 is 15.3 Å². The van der Waals surface area contributed by atoms with Crippen LogP contribution in [0.3, 0.4) is 0 Å². The van der Waals surface area contributed by atoms with E-state index < -0.39 is 62.7 Å². The number of nitrogens with zero attached hydrogens (tertiary/aromatic N) is 1. The first-order chi connectivity index (χ1) is 13.9. The summed E-state index contributed by atoms with van der Waals surface area (Å²) in [6, 6.07) is 7.65. The van der Waals surface area contributed by atoms with Crippen LogP contribution < -0.4 is 5.32 Å². The van der Waals surface area contributed by atoms with Gasteiger partial charge in [0.1, 0.15) is 11.4 Å². The maximum atomic E-state index is 12.6. The first-order valence-electron chi connectivity index (χ1n) is 8.37. The molecule has 1 aromatic rings. The summed E-state index contributed by atoms with van der Waals surface area (Å²) in [7, 11) is -6.20. The molecular formula is C16H15F3N2O7S2. The molecule has 2 fully saturated rings. The van der Waals surface area contributed by atoms with Gasteiger partial charge in [-0.15, -0.1) is 11.8 Å². The van der Waals surface area contributed by atoms with Crippen molar-refractivity contribution in [2.45, 2.75) is 28.9 Å². The third kappa shape index (κ3) is 4.11. The number of aliphatic carboxylic acids is 1. The molecule has 2 aliphatic rings. The van der Waals surface area contributed by atoms with Crippen molar-refractivity contribution in [3.8, 4) is 0 Å². The highest BCUT2D eigenvalue weighted by Crippen LogP contribution is 2.42. The summed E-state index contributed by atoms with van der Waals surface area (Å²) >= 11 is 0.712. The summed E-state index contributed by atoms with van der Waals surface area (Å²) < 4.78 is 64.6. The van der Waals surface area contributed by atoms with E-state index in [1.165, 1.54) is 0 Å². The molecule has 30 heavy (non-hydrogen) atoms. The van der Waals surface area contributed by atoms with Gasteiger partial charge in [0.25, 0.3) is 0 Å². The molecule has 9 nitrogen and oxygen atoms in total. The third-order valence-electron chi connectivity index (χ3n) is 4.52. The second kappa shape index (κ2) is 7.74. The number of benzene rings is 1. The topological polar surface area (TPSA) is 130 Å². The lowest BCUT2D eigenvalue weighted by Crippen LogP contribution is -2.75. The Morgan fingerprint density at radius 1 is 1.30 bits per heavy atom. The largest absolute Gasteiger partial charge is 0.523 e. The number of rotatable bonds is 6. The van der Waals surface area contributed by atoms with Crippen molar-refractivity contribution in [2.75, 3.05) is 12.3 Å². The molecule has 3 atom stereocenters. The number of carboxylic acid groups (broad SMARTS) is 1. The molecule has 0 spiro atoms. The van der Waals surface area contributed by atoms with Crippen LogP contribution in [0.1, 0.15) is 5.56 Å². The lowest BCUT2D eigenvalue weighted by atomic mass is 9.99. The Labute approximate surface area is 172 Å². The zero-order valence-corrected chi connectivity index (χ0v) is 16.6. The minimum atomic E-state index is -6.20. The van der Waals surface area contributed by atoms with Crippen molar-refractivity contribution in [1.29, 1.82) is 0 Å². The van der Waals surface area contributed by atoms with E-state index in [4.69, 9.17) is 0 Å². The fourth-order valence-corrected chi connectivity index (χ4v) is 5.25. The number of carbonyl (C=O) groups excluding carboxylic acids is 2. The Morgan fingerprint density at radius 3 is 2.50 bits per heavy atom. The SMILES string of the molecule is O=C(Cc1ccccc1)NC1C(=O)N2CC(OS(=O)(=O)C(F)(F)F)(C(=O)O)CS[C@H]12. The number of thioether (sulfide) groups is 1. The van der Waals surface area contributed by atoms with E-state index in [-0.39, 0.29) is 6.42 Å². The van der Waals surface area contributed by atoms with Gasteiger partial charge in [0.15, 0.2) is 0 Å². The molecule has 0 aliphatic carbocycles. The van der Waals surface area contributed by atoms with Gasteiger partial charge in [0.2, 0.25) is 17.4 Å². The number of amides is 2. The summed E-state index contributed by atoms with van der Waals surface area (Å²) in [6.45, 7) is -0.904. The van der Waals surface area contributed by atoms with Gasteiger partial charge in [-0.1, -0.05) is 30.3 Å². The first kappa shape index (κ1) is 22.4. The van der Waals surface area contributed by atoms with Crippen LogP contribution in [0.5, 0.6) is 0 Å². The second-order valence-electron chi connectivity index (χ2n) is 6.66. The zero-order chi connectivity index (χ0) is 22.3. The van der Waals surface area contributed by atoms with Crippen LogP contribution >= 0.6 is 11.8 Å². The fraction of sp³-hybridized carbons (Fsp3) is 0.438. The van der Waals surface area contributed by atoms with Crippen LogP contribution in [0.4, 0.5) is 13.2 Å². The number of β-lactam (4-membered cyclic amide) rings is 1. The molecule has 0 saturated carbocycles. The van der Waals surface area contributed by atoms with E-state index in [9.17, 15) is 41.1 Å². The number of carbonyl (C=O) groups is 3. The molecule has 0 bridgehead atoms. The van der Waals surface area contributed by atoms with Gasteiger partial charge in [-0.05, 0) is 5.56 Å². The molecule has 2 aliphatic heterocycles. The summed E-state index contributed by atoms with van der Waals surface area (Å²) in [4.78, 5) is 36.9. The Balaban J connectivity index is 1.68. The normalized spacial score (nSPS) is 26.5. The molecule has 2 amide bonds. The van der Waals surface area contributed by atoms with E-state index in [1.807, 2.05) is 0 Å². The maximum absolute atomic E-state index is 12.6. The average molecular weight is 468 g/mol. The van der Waals surface area contributed by atoms with Crippen molar-refractivity contribution >= 4 is 39.7 Å². The van der Waals surface area contributed by atoms with Crippen molar-refractivity contribution in [3.63, 3.8) is 0 Å². The molecule has 164 valence electrons. The van der Waals surface area contributed by atoms with Gasteiger partial charge in [-0.3, -0.25) is 9.59 Å². The molecule has 2 unspecified atom stereocenters. The van der Waals surface area contributed by atoms with Crippen LogP contribution in [0, 0.1) is 0 Å². The Bertz CT molecular complexity index is 971. The molecular weight excluding hydrogens is 453 g/mol. The van der Waals surface area contributed by atoms with Crippen LogP contribution in [0.15, 0.2) is 30.3 Å². The summed E-state index contributed by atoms with van der Waals surface area (Å²) in [5, 5.41) is 11.1. The van der Waals surface area contributed by atoms with E-state index in [0.29, 0.717) is 17.3 Å². The van der Waals surface area contributed by atoms with Crippen molar-refractivity contribution in [2.24, 2.45) is 0 Å². The van der Waals surface area contributed by atoms with Crippen LogP contribution in [-0.4, -0.2) is 71.0 Å². The van der Waals surface area contributed by atoms with E-state index in [0.717, 1.165) is 4.90 Å². The molecule has 1 aromatic carbocycles. The highest BCUT2D eigenvalue weighted by molar-refractivity contribution is 8.00. The molecule has 2 heterocycles. The van der Waals surface area contributed by atoms with Crippen molar-refractivity contribution in [3.05, 3.63) is 35.9 Å². The monoisotopic (exact) mass is 468 g/mol. The molecule has 14 heteroatoms. The minimum absolute atomic E-state index is 0.00594. The number of fused-ring (bicyclic) bond motifs is 1. The number of halogens is 3. The summed E-state index contributed by atoms with van der Waals surface area (Å²) in [6.07, 6.45) is -0.00594. The van der Waals surface area contributed by atoms with Gasteiger partial charge in [-0.2, -0.15) is 21.6 Å². The van der Waals surface area contributed by atoms with Gasteiger partial charge in [0, 0.05) is 5.75 Å². The van der Waals surface area contributed by atoms with Crippen molar-refractivity contribution < 1.29 is 45.3 Å². The second-order valence-corrected chi connectivity index (χ2v) is 9.30. The summed E-state index contributed by atoms with van der Waals surface area (Å²) in [5.41, 5.74) is -7.90. The van der Waals surface area contributed by atoms with Crippen LogP contribution in [-0.2, 0) is 35.1 Å². The van der Waals surface area contributed by atoms with Crippen LogP contribution in [0.25, 0.3) is 0 Å². The highest BCUT2D eigenvalue weighted by atomic mass is 32.2. The van der Waals surface area contributed by atoms with E-state index >= 15 is 0 Å². The molecule has 0 radical (unpaired) electrons. The predicted molar refractivity (Wildman–Crippen MR) is 96.5 cm³/mol. The van der Waals surface area contributed by atoms with Gasteiger partial charge in [-0.25, -0.2) is 8.98 Å². The first-order valence-corrected chi connectivity index (χ1v) is 10.8. The van der Waals surface area contributed by atoms with Crippen LogP contribution in [0.2, 0.25) is 0 Å². The van der Waals surface area contributed by atoms with Gasteiger partial charge in [0.05, 0.1) is 13.0 Å². The van der Waals surface area contributed by atoms with Crippen molar-refractivity contribution in [1.82, 2.24) is 10.2 Å². The number of alkyl halides is 3. The standard InChI is InChI=1S/C16H15F3N2O7S2/c17-16(18,19)30(26,27)28-15(14(24)25)7-21-12(23)11(13(21)29-8-15)20-10(22)6-9-4-2-1-3-5-9/h1-5,11,13H,6-8H2,(H,20,22)(H,24,25)/t11?,13-,15?/m1/s1. The fourth-order valence-electron chi connectivity index (χ4n) is 3.03. The lowest BCUT2D eigenvalue weighted by Gasteiger charge is -2.53. The number of hydrogen-bond acceptors (Lipinski definition) is 7. The lowest BCUT2D eigenvalue weighted by molar-refractivity contribution is -0.165. The summed E-state index contributed by atoms with van der Waals surface area (Å²) in [5.74, 6) is -3.83. The number of carboxylic acids is 1. The minimum Gasteiger partial charge on any atom is -0.479 e. The smallest absolute Gasteiger partial charge is 0.479 e. The third-order valence-corrected chi connectivity index (χ3v) is 7.13. The predicted octanol–water partition coefficient (Wildman–Crippen LogP) is 0.319. The number of hydrogen-bond donors (Lipinski definition) is 2. The zero-order valence-electron chi connectivity index (χ0n) is 15.0. The Hall–Kier alpha value is -2.32.